The fourth-order valence-electron chi connectivity index (χ4n) is 2.36. The minimum absolute atomic E-state index is 0.0556. The Bertz CT molecular complexity index is 594. The highest BCUT2D eigenvalue weighted by molar-refractivity contribution is 5.86. The van der Waals surface area contributed by atoms with Crippen molar-refractivity contribution < 1.29 is 9.53 Å². The SMILES string of the molecule is CCOCCN(C)C(=O)[C@H](N)Cc1c[nH]c2ccccc12. The second-order valence-electron chi connectivity index (χ2n) is 5.13. The molecule has 114 valence electrons. The van der Waals surface area contributed by atoms with Gasteiger partial charge in [-0.25, -0.2) is 0 Å². The lowest BCUT2D eigenvalue weighted by molar-refractivity contribution is -0.131. The van der Waals surface area contributed by atoms with E-state index in [2.05, 4.69) is 4.98 Å². The zero-order chi connectivity index (χ0) is 15.2. The number of H-pyrrole nitrogens is 1. The molecule has 1 aromatic heterocycles. The first-order valence-corrected chi connectivity index (χ1v) is 7.26. The molecule has 0 radical (unpaired) electrons. The Hall–Kier alpha value is -1.85. The maximum Gasteiger partial charge on any atom is 0.239 e. The molecule has 21 heavy (non-hydrogen) atoms. The van der Waals surface area contributed by atoms with Crippen LogP contribution in [0.15, 0.2) is 30.5 Å². The predicted molar refractivity (Wildman–Crippen MR) is 84.1 cm³/mol. The molecule has 3 N–H and O–H groups in total. The Morgan fingerprint density at radius 2 is 2.19 bits per heavy atom. The Kier molecular flexibility index (Phi) is 5.36. The van der Waals surface area contributed by atoms with Gasteiger partial charge in [-0.2, -0.15) is 0 Å². The van der Waals surface area contributed by atoms with E-state index < -0.39 is 6.04 Å². The van der Waals surface area contributed by atoms with E-state index in [4.69, 9.17) is 10.5 Å². The fraction of sp³-hybridized carbons (Fsp3) is 0.438. The molecule has 0 saturated heterocycles. The molecular formula is C16H23N3O2. The highest BCUT2D eigenvalue weighted by atomic mass is 16.5. The van der Waals surface area contributed by atoms with Crippen molar-refractivity contribution in [1.29, 1.82) is 0 Å². The first-order chi connectivity index (χ1) is 10.1. The maximum atomic E-state index is 12.2. The molecule has 1 atom stereocenters. The van der Waals surface area contributed by atoms with Crippen LogP contribution in [0.1, 0.15) is 12.5 Å². The predicted octanol–water partition coefficient (Wildman–Crippen LogP) is 1.53. The third kappa shape index (κ3) is 3.83. The molecule has 0 fully saturated rings. The standard InChI is InChI=1S/C16H23N3O2/c1-3-21-9-8-19(2)16(20)14(17)10-12-11-18-15-7-5-4-6-13(12)15/h4-7,11,14,18H,3,8-10,17H2,1-2H3/t14-/m1/s1. The number of fused-ring (bicyclic) bond motifs is 1. The first-order valence-electron chi connectivity index (χ1n) is 7.26. The van der Waals surface area contributed by atoms with Crippen LogP contribution in [0.25, 0.3) is 10.9 Å². The van der Waals surface area contributed by atoms with E-state index in [1.54, 1.807) is 11.9 Å². The molecule has 0 saturated carbocycles. The van der Waals surface area contributed by atoms with Crippen LogP contribution in [0.4, 0.5) is 0 Å². The number of carbonyl (C=O) groups is 1. The van der Waals surface area contributed by atoms with Crippen LogP contribution in [0.5, 0.6) is 0 Å². The van der Waals surface area contributed by atoms with E-state index in [1.807, 2.05) is 37.4 Å². The molecule has 1 amide bonds. The summed E-state index contributed by atoms with van der Waals surface area (Å²) in [7, 11) is 1.76. The summed E-state index contributed by atoms with van der Waals surface area (Å²) < 4.78 is 5.26. The van der Waals surface area contributed by atoms with Crippen LogP contribution in [-0.4, -0.2) is 48.6 Å². The van der Waals surface area contributed by atoms with E-state index >= 15 is 0 Å². The Morgan fingerprint density at radius 3 is 2.95 bits per heavy atom. The quantitative estimate of drug-likeness (QED) is 0.759. The second kappa shape index (κ2) is 7.24. The van der Waals surface area contributed by atoms with Crippen molar-refractivity contribution in [3.8, 4) is 0 Å². The Balaban J connectivity index is 1.97. The van der Waals surface area contributed by atoms with Crippen molar-refractivity contribution >= 4 is 16.8 Å². The lowest BCUT2D eigenvalue weighted by atomic mass is 10.0. The van der Waals surface area contributed by atoms with Crippen molar-refractivity contribution in [3.05, 3.63) is 36.0 Å². The minimum Gasteiger partial charge on any atom is -0.380 e. The van der Waals surface area contributed by atoms with E-state index in [0.29, 0.717) is 26.2 Å². The number of ether oxygens (including phenoxy) is 1. The van der Waals surface area contributed by atoms with E-state index in [9.17, 15) is 4.79 Å². The average molecular weight is 289 g/mol. The van der Waals surface area contributed by atoms with E-state index in [1.165, 1.54) is 0 Å². The van der Waals surface area contributed by atoms with Gasteiger partial charge in [0.2, 0.25) is 5.91 Å². The molecule has 1 heterocycles. The summed E-state index contributed by atoms with van der Waals surface area (Å²) in [5.74, 6) is -0.0556. The maximum absolute atomic E-state index is 12.2. The third-order valence-corrected chi connectivity index (χ3v) is 3.58. The minimum atomic E-state index is -0.532. The van der Waals surface area contributed by atoms with Gasteiger partial charge in [-0.1, -0.05) is 18.2 Å². The van der Waals surface area contributed by atoms with Crippen molar-refractivity contribution in [2.24, 2.45) is 5.73 Å². The summed E-state index contributed by atoms with van der Waals surface area (Å²) >= 11 is 0. The molecule has 5 nitrogen and oxygen atoms in total. The summed E-state index contributed by atoms with van der Waals surface area (Å²) in [6, 6.07) is 7.49. The summed E-state index contributed by atoms with van der Waals surface area (Å²) in [5, 5.41) is 1.12. The second-order valence-corrected chi connectivity index (χ2v) is 5.13. The average Bonchev–Trinajstić information content (AvgIpc) is 2.90. The molecule has 0 aliphatic rings. The summed E-state index contributed by atoms with van der Waals surface area (Å²) in [6.45, 7) is 3.70. The first kappa shape index (κ1) is 15.5. The Morgan fingerprint density at radius 1 is 1.43 bits per heavy atom. The van der Waals surface area contributed by atoms with Crippen LogP contribution in [0.2, 0.25) is 0 Å². The van der Waals surface area contributed by atoms with Gasteiger partial charge in [0.05, 0.1) is 12.6 Å². The number of amides is 1. The van der Waals surface area contributed by atoms with Crippen molar-refractivity contribution in [1.82, 2.24) is 9.88 Å². The number of nitrogens with one attached hydrogen (secondary N) is 1. The summed E-state index contributed by atoms with van der Waals surface area (Å²) in [5.41, 5.74) is 8.20. The lowest BCUT2D eigenvalue weighted by Crippen LogP contribution is -2.44. The van der Waals surface area contributed by atoms with Gasteiger partial charge in [0.25, 0.3) is 0 Å². The molecule has 0 spiro atoms. The van der Waals surface area contributed by atoms with Gasteiger partial charge in [0.1, 0.15) is 0 Å². The highest BCUT2D eigenvalue weighted by Crippen LogP contribution is 2.19. The molecule has 1 aromatic carbocycles. The van der Waals surface area contributed by atoms with Gasteiger partial charge in [-0.3, -0.25) is 4.79 Å². The molecule has 2 aromatic rings. The lowest BCUT2D eigenvalue weighted by Gasteiger charge is -2.21. The number of carbonyl (C=O) groups excluding carboxylic acids is 1. The molecule has 5 heteroatoms. The summed E-state index contributed by atoms with van der Waals surface area (Å²) in [6.07, 6.45) is 2.46. The largest absolute Gasteiger partial charge is 0.380 e. The molecular weight excluding hydrogens is 266 g/mol. The molecule has 0 aliphatic carbocycles. The smallest absolute Gasteiger partial charge is 0.239 e. The van der Waals surface area contributed by atoms with E-state index in [0.717, 1.165) is 16.5 Å². The van der Waals surface area contributed by atoms with Gasteiger partial charge in [-0.05, 0) is 25.0 Å². The third-order valence-electron chi connectivity index (χ3n) is 3.58. The normalized spacial score (nSPS) is 12.5. The number of benzene rings is 1. The number of para-hydroxylation sites is 1. The van der Waals surface area contributed by atoms with Crippen LogP contribution in [-0.2, 0) is 16.0 Å². The number of nitrogens with two attached hydrogens (primary N) is 1. The van der Waals surface area contributed by atoms with Crippen LogP contribution in [0.3, 0.4) is 0 Å². The fourth-order valence-corrected chi connectivity index (χ4v) is 2.36. The van der Waals surface area contributed by atoms with Crippen molar-refractivity contribution in [2.75, 3.05) is 26.8 Å². The number of rotatable bonds is 7. The zero-order valence-corrected chi connectivity index (χ0v) is 12.6. The molecule has 0 bridgehead atoms. The highest BCUT2D eigenvalue weighted by Gasteiger charge is 2.19. The van der Waals surface area contributed by atoms with Crippen LogP contribution < -0.4 is 5.73 Å². The van der Waals surface area contributed by atoms with Gasteiger partial charge < -0.3 is 20.4 Å². The molecule has 0 unspecified atom stereocenters. The summed E-state index contributed by atoms with van der Waals surface area (Å²) in [4.78, 5) is 17.1. The number of likely N-dealkylation sites (N-methyl/N-ethyl adjacent to an activating group) is 1. The number of nitrogens with zero attached hydrogens (tertiary/aromatic N) is 1. The number of aromatic amines is 1. The van der Waals surface area contributed by atoms with Crippen LogP contribution >= 0.6 is 0 Å². The molecule has 0 aliphatic heterocycles. The van der Waals surface area contributed by atoms with Crippen molar-refractivity contribution in [3.63, 3.8) is 0 Å². The monoisotopic (exact) mass is 289 g/mol. The van der Waals surface area contributed by atoms with Crippen LogP contribution in [0, 0.1) is 0 Å². The topological polar surface area (TPSA) is 71.3 Å². The number of hydrogen-bond acceptors (Lipinski definition) is 3. The van der Waals surface area contributed by atoms with Gasteiger partial charge in [-0.15, -0.1) is 0 Å². The van der Waals surface area contributed by atoms with Gasteiger partial charge in [0.15, 0.2) is 0 Å². The zero-order valence-electron chi connectivity index (χ0n) is 12.6. The van der Waals surface area contributed by atoms with Gasteiger partial charge >= 0.3 is 0 Å². The Labute approximate surface area is 125 Å². The number of aromatic nitrogens is 1. The van der Waals surface area contributed by atoms with Gasteiger partial charge in [0, 0.05) is 37.3 Å². The van der Waals surface area contributed by atoms with E-state index in [-0.39, 0.29) is 5.91 Å². The van der Waals surface area contributed by atoms with Crippen molar-refractivity contribution in [2.45, 2.75) is 19.4 Å². The molecule has 2 rings (SSSR count). The number of hydrogen-bond donors (Lipinski definition) is 2.